The Balaban J connectivity index is 1.46. The van der Waals surface area contributed by atoms with E-state index in [0.29, 0.717) is 40.2 Å². The van der Waals surface area contributed by atoms with Crippen LogP contribution < -0.4 is 0 Å². The van der Waals surface area contributed by atoms with E-state index < -0.39 is 29.0 Å². The van der Waals surface area contributed by atoms with Gasteiger partial charge >= 0.3 is 12.4 Å². The molecule has 9 rings (SSSR count). The molecule has 0 atom stereocenters. The highest BCUT2D eigenvalue weighted by Gasteiger charge is 2.41. The number of rotatable bonds is 4. The Labute approximate surface area is 406 Å². The van der Waals surface area contributed by atoms with Gasteiger partial charge in [0.1, 0.15) is 0 Å². The lowest BCUT2D eigenvalue weighted by molar-refractivity contribution is -0.142. The third-order valence-electron chi connectivity index (χ3n) is 13.9. The standard InChI is InChI=1S/C61H57F6N3/c1-56(2,3)37-18-24-49-43(30-37)44-31-38(57(4,5)6)19-25-50(44)69(49)53-28-35(34-68)16-22-41(53)42-23-17-36(55-47(60(62,63)64)14-13-15-48(55)61(65,66)67)29-54(42)70-51-26-20-39(58(7,8)9)32-45(51)46-33-40(59(10,11)12)21-27-52(46)70/h13-33H,1-12H3. The van der Waals surface area contributed by atoms with Crippen LogP contribution in [-0.4, -0.2) is 9.13 Å². The molecule has 70 heavy (non-hydrogen) atoms. The second-order valence-corrected chi connectivity index (χ2v) is 22.9. The monoisotopic (exact) mass is 945 g/mol. The summed E-state index contributed by atoms with van der Waals surface area (Å²) in [5.41, 5.74) is 5.31. The molecule has 0 saturated heterocycles. The van der Waals surface area contributed by atoms with Crippen LogP contribution in [0.4, 0.5) is 26.3 Å². The maximum Gasteiger partial charge on any atom is 0.417 e. The zero-order valence-corrected chi connectivity index (χ0v) is 41.7. The fourth-order valence-electron chi connectivity index (χ4n) is 9.88. The lowest BCUT2D eigenvalue weighted by Crippen LogP contribution is -2.14. The van der Waals surface area contributed by atoms with E-state index >= 15 is 26.3 Å². The van der Waals surface area contributed by atoms with Crippen LogP contribution >= 0.6 is 0 Å². The van der Waals surface area contributed by atoms with Crippen molar-refractivity contribution >= 4 is 43.6 Å². The van der Waals surface area contributed by atoms with Crippen molar-refractivity contribution in [2.45, 2.75) is 117 Å². The zero-order valence-electron chi connectivity index (χ0n) is 41.7. The van der Waals surface area contributed by atoms with Crippen LogP contribution in [0.3, 0.4) is 0 Å². The van der Waals surface area contributed by atoms with Gasteiger partial charge in [0.2, 0.25) is 0 Å². The van der Waals surface area contributed by atoms with E-state index in [2.05, 4.69) is 142 Å². The van der Waals surface area contributed by atoms with Gasteiger partial charge in [-0.15, -0.1) is 0 Å². The first kappa shape index (κ1) is 48.2. The summed E-state index contributed by atoms with van der Waals surface area (Å²) < 4.78 is 94.2. The van der Waals surface area contributed by atoms with Crippen LogP contribution in [0.1, 0.15) is 122 Å². The van der Waals surface area contributed by atoms with Crippen LogP contribution in [0.25, 0.3) is 77.2 Å². The summed E-state index contributed by atoms with van der Waals surface area (Å²) in [4.78, 5) is 0. The van der Waals surface area contributed by atoms with Crippen LogP contribution in [-0.2, 0) is 34.0 Å². The smallest absolute Gasteiger partial charge is 0.309 e. The Kier molecular flexibility index (Phi) is 11.1. The minimum Gasteiger partial charge on any atom is -0.309 e. The van der Waals surface area contributed by atoms with E-state index in [1.165, 1.54) is 12.1 Å². The van der Waals surface area contributed by atoms with E-state index in [4.69, 9.17) is 0 Å². The van der Waals surface area contributed by atoms with Crippen molar-refractivity contribution in [2.24, 2.45) is 0 Å². The molecule has 0 aliphatic heterocycles. The fourth-order valence-corrected chi connectivity index (χ4v) is 9.88. The van der Waals surface area contributed by atoms with E-state index in [1.54, 1.807) is 12.1 Å². The quantitative estimate of drug-likeness (QED) is 0.162. The van der Waals surface area contributed by atoms with E-state index in [0.717, 1.165) is 71.9 Å². The molecule has 9 aromatic rings. The molecule has 0 aliphatic carbocycles. The number of halogens is 6. The molecule has 0 fully saturated rings. The minimum absolute atomic E-state index is 0.174. The Morgan fingerprint density at radius 2 is 0.714 bits per heavy atom. The highest BCUT2D eigenvalue weighted by molar-refractivity contribution is 6.12. The van der Waals surface area contributed by atoms with Crippen LogP contribution in [0.5, 0.6) is 0 Å². The average Bonchev–Trinajstić information content (AvgIpc) is 3.78. The molecular formula is C61H57F6N3. The molecule has 0 saturated carbocycles. The second kappa shape index (κ2) is 16.1. The molecule has 9 heteroatoms. The molecule has 0 spiro atoms. The topological polar surface area (TPSA) is 33.6 Å². The highest BCUT2D eigenvalue weighted by Crippen LogP contribution is 2.49. The van der Waals surface area contributed by atoms with E-state index in [9.17, 15) is 5.26 Å². The summed E-state index contributed by atoms with van der Waals surface area (Å²) in [7, 11) is 0. The molecule has 3 nitrogen and oxygen atoms in total. The molecule has 2 aromatic heterocycles. The fraction of sp³-hybridized carbons (Fsp3) is 0.295. The maximum atomic E-state index is 15.0. The van der Waals surface area contributed by atoms with Crippen molar-refractivity contribution in [3.05, 3.63) is 166 Å². The van der Waals surface area contributed by atoms with Crippen molar-refractivity contribution in [3.63, 3.8) is 0 Å². The van der Waals surface area contributed by atoms with Gasteiger partial charge in [0, 0.05) is 38.2 Å². The summed E-state index contributed by atoms with van der Waals surface area (Å²) >= 11 is 0. The molecule has 0 radical (unpaired) electrons. The van der Waals surface area contributed by atoms with Gasteiger partial charge in [-0.3, -0.25) is 0 Å². The van der Waals surface area contributed by atoms with Crippen molar-refractivity contribution in [1.82, 2.24) is 9.13 Å². The van der Waals surface area contributed by atoms with Crippen LogP contribution in [0.2, 0.25) is 0 Å². The molecule has 0 bridgehead atoms. The molecule has 0 aliphatic rings. The van der Waals surface area contributed by atoms with Gasteiger partial charge in [0.25, 0.3) is 0 Å². The first-order chi connectivity index (χ1) is 32.5. The third kappa shape index (κ3) is 8.33. The van der Waals surface area contributed by atoms with Gasteiger partial charge in [0.05, 0.1) is 56.2 Å². The van der Waals surface area contributed by atoms with Crippen LogP contribution in [0, 0.1) is 11.3 Å². The summed E-state index contributed by atoms with van der Waals surface area (Å²) in [5, 5.41) is 14.3. The maximum absolute atomic E-state index is 15.0. The Morgan fingerprint density at radius 3 is 1.03 bits per heavy atom. The van der Waals surface area contributed by atoms with Gasteiger partial charge in [-0.1, -0.05) is 132 Å². The van der Waals surface area contributed by atoms with Crippen molar-refractivity contribution in [3.8, 4) is 39.7 Å². The molecular weight excluding hydrogens is 889 g/mol. The first-order valence-corrected chi connectivity index (χ1v) is 23.6. The number of fused-ring (bicyclic) bond motifs is 6. The first-order valence-electron chi connectivity index (χ1n) is 23.6. The number of alkyl halides is 6. The van der Waals surface area contributed by atoms with Crippen molar-refractivity contribution in [1.29, 1.82) is 5.26 Å². The average molecular weight is 946 g/mol. The Morgan fingerprint density at radius 1 is 0.386 bits per heavy atom. The van der Waals surface area contributed by atoms with Gasteiger partial charge in [-0.05, 0) is 128 Å². The third-order valence-corrected chi connectivity index (χ3v) is 13.9. The van der Waals surface area contributed by atoms with Gasteiger partial charge in [-0.25, -0.2) is 0 Å². The van der Waals surface area contributed by atoms with Gasteiger partial charge < -0.3 is 9.13 Å². The summed E-state index contributed by atoms with van der Waals surface area (Å²) in [5.74, 6) is 0. The molecule has 0 unspecified atom stereocenters. The van der Waals surface area contributed by atoms with Crippen molar-refractivity contribution in [2.75, 3.05) is 0 Å². The zero-order chi connectivity index (χ0) is 50.8. The number of nitriles is 1. The second-order valence-electron chi connectivity index (χ2n) is 22.9. The number of benzene rings is 7. The predicted molar refractivity (Wildman–Crippen MR) is 276 cm³/mol. The molecule has 0 amide bonds. The lowest BCUT2D eigenvalue weighted by atomic mass is 9.85. The molecule has 2 heterocycles. The highest BCUT2D eigenvalue weighted by atomic mass is 19.4. The van der Waals surface area contributed by atoms with E-state index in [1.807, 2.05) is 41.0 Å². The summed E-state index contributed by atoms with van der Waals surface area (Å²) in [6, 6.07) is 39.6. The number of hydrogen-bond donors (Lipinski definition) is 0. The van der Waals surface area contributed by atoms with E-state index in [-0.39, 0.29) is 27.2 Å². The minimum atomic E-state index is -5.11. The molecule has 7 aromatic carbocycles. The predicted octanol–water partition coefficient (Wildman–Crippen LogP) is 18.3. The Hall–Kier alpha value is -6.79. The SMILES string of the molecule is CC(C)(C)c1ccc2c(c1)c1cc(C(C)(C)C)ccc1n2-c1cc(C#N)ccc1-c1ccc(-c2c(C(F)(F)F)cccc2C(F)(F)F)cc1-n1c2ccc(C(C)(C)C)cc2c2cc(C(C)(C)C)ccc21. The molecule has 0 N–H and O–H groups in total. The normalized spacial score (nSPS) is 13.3. The molecule has 358 valence electrons. The summed E-state index contributed by atoms with van der Waals surface area (Å²) in [6.45, 7) is 25.8. The van der Waals surface area contributed by atoms with Crippen LogP contribution in [0.15, 0.2) is 127 Å². The summed E-state index contributed by atoms with van der Waals surface area (Å²) in [6.07, 6.45) is -10.2. The lowest BCUT2D eigenvalue weighted by Gasteiger charge is -2.23. The Bertz CT molecular complexity index is 3440. The van der Waals surface area contributed by atoms with Gasteiger partial charge in [-0.2, -0.15) is 31.6 Å². The number of nitrogens with zero attached hydrogens (tertiary/aromatic N) is 3. The van der Waals surface area contributed by atoms with Gasteiger partial charge in [0.15, 0.2) is 0 Å². The number of aromatic nitrogens is 2. The number of hydrogen-bond acceptors (Lipinski definition) is 1. The largest absolute Gasteiger partial charge is 0.417 e. The van der Waals surface area contributed by atoms with Crippen molar-refractivity contribution < 1.29 is 26.3 Å².